The molecule has 1 heterocycles. The number of hydrogen-bond donors (Lipinski definition) is 2. The fourth-order valence-corrected chi connectivity index (χ4v) is 1.35. The highest BCUT2D eigenvalue weighted by atomic mass is 16.5. The van der Waals surface area contributed by atoms with Gasteiger partial charge in [0.05, 0.1) is 0 Å². The minimum Gasteiger partial charge on any atom is -0.383 e. The molecule has 78 valence electrons. The van der Waals surface area contributed by atoms with Crippen LogP contribution in [0.2, 0.25) is 0 Å². The second kappa shape index (κ2) is 4.06. The summed E-state index contributed by atoms with van der Waals surface area (Å²) in [4.78, 5) is 4.13. The van der Waals surface area contributed by atoms with Crippen LogP contribution < -0.4 is 5.73 Å². The molecule has 1 aromatic rings. The van der Waals surface area contributed by atoms with Gasteiger partial charge in [0, 0.05) is 6.42 Å². The second-order valence-electron chi connectivity index (χ2n) is 3.79. The van der Waals surface area contributed by atoms with E-state index in [0.29, 0.717) is 24.7 Å². The molecule has 1 aromatic heterocycles. The van der Waals surface area contributed by atoms with Crippen LogP contribution in [-0.4, -0.2) is 21.8 Å². The number of aliphatic hydroxyl groups excluding tert-OH is 1. The van der Waals surface area contributed by atoms with Gasteiger partial charge in [0.1, 0.15) is 6.10 Å². The first-order valence-corrected chi connectivity index (χ1v) is 5.00. The zero-order valence-electron chi connectivity index (χ0n) is 8.02. The lowest BCUT2D eigenvalue weighted by Crippen LogP contribution is -2.07. The van der Waals surface area contributed by atoms with E-state index in [-0.39, 0.29) is 0 Å². The van der Waals surface area contributed by atoms with E-state index in [2.05, 4.69) is 10.1 Å². The van der Waals surface area contributed by atoms with Crippen LogP contribution in [0.4, 0.5) is 0 Å². The normalized spacial score (nSPS) is 18.4. The van der Waals surface area contributed by atoms with E-state index in [0.717, 1.165) is 12.3 Å². The number of hydrogen-bond acceptors (Lipinski definition) is 5. The number of aromatic nitrogens is 2. The van der Waals surface area contributed by atoms with Crippen molar-refractivity contribution in [1.82, 2.24) is 10.1 Å². The van der Waals surface area contributed by atoms with E-state index >= 15 is 0 Å². The second-order valence-corrected chi connectivity index (χ2v) is 3.79. The summed E-state index contributed by atoms with van der Waals surface area (Å²) in [6.45, 7) is 0.418. The standard InChI is InChI=1S/C9H15N3O2/c10-4-3-7(13)9-11-8(12-14-9)5-6-1-2-6/h6-7,13H,1-5,10H2/t7-/m0/s1. The Bertz CT molecular complexity index is 296. The number of nitrogens with two attached hydrogens (primary N) is 1. The van der Waals surface area contributed by atoms with Gasteiger partial charge in [-0.2, -0.15) is 4.98 Å². The van der Waals surface area contributed by atoms with Crippen molar-refractivity contribution in [3.05, 3.63) is 11.7 Å². The summed E-state index contributed by atoms with van der Waals surface area (Å²) in [5.74, 6) is 1.73. The highest BCUT2D eigenvalue weighted by molar-refractivity contribution is 4.94. The van der Waals surface area contributed by atoms with E-state index in [1.54, 1.807) is 0 Å². The summed E-state index contributed by atoms with van der Waals surface area (Å²) in [5.41, 5.74) is 5.31. The van der Waals surface area contributed by atoms with E-state index in [1.807, 2.05) is 0 Å². The van der Waals surface area contributed by atoms with Gasteiger partial charge >= 0.3 is 0 Å². The van der Waals surface area contributed by atoms with Gasteiger partial charge in [0.2, 0.25) is 0 Å². The number of nitrogens with zero attached hydrogens (tertiary/aromatic N) is 2. The van der Waals surface area contributed by atoms with Crippen molar-refractivity contribution in [3.63, 3.8) is 0 Å². The van der Waals surface area contributed by atoms with Crippen molar-refractivity contribution in [1.29, 1.82) is 0 Å². The number of aliphatic hydroxyl groups is 1. The Morgan fingerprint density at radius 3 is 3.00 bits per heavy atom. The smallest absolute Gasteiger partial charge is 0.255 e. The average molecular weight is 197 g/mol. The third kappa shape index (κ3) is 2.30. The first-order chi connectivity index (χ1) is 6.79. The van der Waals surface area contributed by atoms with Gasteiger partial charge in [-0.25, -0.2) is 0 Å². The molecule has 0 saturated heterocycles. The maximum Gasteiger partial charge on any atom is 0.255 e. The highest BCUT2D eigenvalue weighted by Crippen LogP contribution is 2.31. The van der Waals surface area contributed by atoms with Crippen molar-refractivity contribution < 1.29 is 9.63 Å². The lowest BCUT2D eigenvalue weighted by atomic mass is 10.2. The van der Waals surface area contributed by atoms with Gasteiger partial charge in [-0.15, -0.1) is 0 Å². The van der Waals surface area contributed by atoms with Crippen molar-refractivity contribution in [2.24, 2.45) is 11.7 Å². The molecule has 1 aliphatic carbocycles. The fourth-order valence-electron chi connectivity index (χ4n) is 1.35. The van der Waals surface area contributed by atoms with Gasteiger partial charge in [-0.05, 0) is 31.7 Å². The third-order valence-corrected chi connectivity index (χ3v) is 2.38. The maximum atomic E-state index is 9.51. The van der Waals surface area contributed by atoms with Crippen LogP contribution in [-0.2, 0) is 6.42 Å². The van der Waals surface area contributed by atoms with Gasteiger partial charge < -0.3 is 15.4 Å². The topological polar surface area (TPSA) is 85.2 Å². The Labute approximate surface area is 82.3 Å². The number of rotatable bonds is 5. The van der Waals surface area contributed by atoms with Gasteiger partial charge in [-0.3, -0.25) is 0 Å². The average Bonchev–Trinajstić information content (AvgIpc) is 2.82. The lowest BCUT2D eigenvalue weighted by molar-refractivity contribution is 0.127. The molecule has 0 aromatic carbocycles. The van der Waals surface area contributed by atoms with Gasteiger partial charge in [-0.1, -0.05) is 5.16 Å². The summed E-state index contributed by atoms with van der Waals surface area (Å²) in [7, 11) is 0. The predicted octanol–water partition coefficient (Wildman–Crippen LogP) is 0.404. The summed E-state index contributed by atoms with van der Waals surface area (Å²) < 4.78 is 4.94. The lowest BCUT2D eigenvalue weighted by Gasteiger charge is -2.00. The quantitative estimate of drug-likeness (QED) is 0.713. The molecular formula is C9H15N3O2. The molecule has 0 unspecified atom stereocenters. The highest BCUT2D eigenvalue weighted by Gasteiger charge is 2.24. The summed E-state index contributed by atoms with van der Waals surface area (Å²) in [6, 6.07) is 0. The molecule has 5 heteroatoms. The van der Waals surface area contributed by atoms with Crippen molar-refractivity contribution in [2.45, 2.75) is 31.8 Å². The van der Waals surface area contributed by atoms with Gasteiger partial charge in [0.25, 0.3) is 5.89 Å². The van der Waals surface area contributed by atoms with Crippen LogP contribution in [0.3, 0.4) is 0 Å². The van der Waals surface area contributed by atoms with Crippen LogP contribution in [0.25, 0.3) is 0 Å². The molecule has 1 aliphatic rings. The Hall–Kier alpha value is -0.940. The molecule has 1 fully saturated rings. The zero-order chi connectivity index (χ0) is 9.97. The summed E-state index contributed by atoms with van der Waals surface area (Å²) in [6.07, 6.45) is 3.15. The Balaban J connectivity index is 1.93. The Kier molecular flexibility index (Phi) is 2.79. The first-order valence-electron chi connectivity index (χ1n) is 5.00. The summed E-state index contributed by atoms with van der Waals surface area (Å²) in [5, 5.41) is 13.3. The van der Waals surface area contributed by atoms with E-state index in [9.17, 15) is 5.11 Å². The monoisotopic (exact) mass is 197 g/mol. The van der Waals surface area contributed by atoms with E-state index < -0.39 is 6.10 Å². The molecule has 1 atom stereocenters. The minimum absolute atomic E-state index is 0.297. The SMILES string of the molecule is NCC[C@H](O)c1nc(CC2CC2)no1. The third-order valence-electron chi connectivity index (χ3n) is 2.38. The molecule has 0 aliphatic heterocycles. The van der Waals surface area contributed by atoms with Crippen LogP contribution in [0.5, 0.6) is 0 Å². The predicted molar refractivity (Wildman–Crippen MR) is 49.4 cm³/mol. The van der Waals surface area contributed by atoms with Crippen LogP contribution in [0, 0.1) is 5.92 Å². The van der Waals surface area contributed by atoms with Crippen LogP contribution in [0.15, 0.2) is 4.52 Å². The van der Waals surface area contributed by atoms with E-state index in [4.69, 9.17) is 10.3 Å². The Morgan fingerprint density at radius 1 is 1.57 bits per heavy atom. The van der Waals surface area contributed by atoms with Crippen LogP contribution in [0.1, 0.15) is 37.1 Å². The molecule has 5 nitrogen and oxygen atoms in total. The van der Waals surface area contributed by atoms with Crippen molar-refractivity contribution in [2.75, 3.05) is 6.54 Å². The van der Waals surface area contributed by atoms with Crippen molar-refractivity contribution in [3.8, 4) is 0 Å². The first kappa shape index (κ1) is 9.61. The maximum absolute atomic E-state index is 9.51. The molecule has 0 amide bonds. The fraction of sp³-hybridized carbons (Fsp3) is 0.778. The molecule has 1 saturated carbocycles. The van der Waals surface area contributed by atoms with Crippen LogP contribution >= 0.6 is 0 Å². The molecular weight excluding hydrogens is 182 g/mol. The molecule has 0 spiro atoms. The zero-order valence-corrected chi connectivity index (χ0v) is 8.02. The molecule has 0 radical (unpaired) electrons. The van der Waals surface area contributed by atoms with Crippen molar-refractivity contribution >= 4 is 0 Å². The molecule has 0 bridgehead atoms. The Morgan fingerprint density at radius 2 is 2.36 bits per heavy atom. The minimum atomic E-state index is -0.708. The molecule has 2 rings (SSSR count). The van der Waals surface area contributed by atoms with Gasteiger partial charge in [0.15, 0.2) is 5.82 Å². The molecule has 3 N–H and O–H groups in total. The summed E-state index contributed by atoms with van der Waals surface area (Å²) >= 11 is 0. The largest absolute Gasteiger partial charge is 0.383 e. The van der Waals surface area contributed by atoms with E-state index in [1.165, 1.54) is 12.8 Å². The molecule has 14 heavy (non-hydrogen) atoms.